The molecule has 0 saturated carbocycles. The molecule has 0 unspecified atom stereocenters. The standard InChI is InChI=1S/C22H25N3O3/c1-14-18(12-19(26)24-17-10-11-20(27-5)23-13-17)25-21(28-14)15-6-8-16(9-7-15)22(2,3)4/h6-11,13H,12H2,1-5H3,(H,24,26). The molecular weight excluding hydrogens is 354 g/mol. The van der Waals surface area contributed by atoms with Gasteiger partial charge in [-0.3, -0.25) is 4.79 Å². The lowest BCUT2D eigenvalue weighted by molar-refractivity contribution is -0.115. The van der Waals surface area contributed by atoms with Gasteiger partial charge in [0.15, 0.2) is 0 Å². The lowest BCUT2D eigenvalue weighted by atomic mass is 9.87. The third kappa shape index (κ3) is 4.57. The topological polar surface area (TPSA) is 77.2 Å². The van der Waals surface area contributed by atoms with Gasteiger partial charge in [-0.25, -0.2) is 9.97 Å². The largest absolute Gasteiger partial charge is 0.481 e. The number of nitrogens with zero attached hydrogens (tertiary/aromatic N) is 2. The molecule has 0 atom stereocenters. The van der Waals surface area contributed by atoms with E-state index in [-0.39, 0.29) is 17.7 Å². The zero-order chi connectivity index (χ0) is 20.3. The summed E-state index contributed by atoms with van der Waals surface area (Å²) in [6.45, 7) is 8.34. The first-order valence-electron chi connectivity index (χ1n) is 9.13. The van der Waals surface area contributed by atoms with E-state index in [1.165, 1.54) is 5.56 Å². The van der Waals surface area contributed by atoms with E-state index in [2.05, 4.69) is 48.2 Å². The summed E-state index contributed by atoms with van der Waals surface area (Å²) in [5, 5.41) is 2.80. The van der Waals surface area contributed by atoms with Gasteiger partial charge in [-0.05, 0) is 36.1 Å². The van der Waals surface area contributed by atoms with Crippen LogP contribution in [-0.4, -0.2) is 23.0 Å². The maximum Gasteiger partial charge on any atom is 0.230 e. The Balaban J connectivity index is 1.70. The predicted octanol–water partition coefficient (Wildman–Crippen LogP) is 4.53. The molecule has 0 bridgehead atoms. The quantitative estimate of drug-likeness (QED) is 0.705. The number of anilines is 1. The van der Waals surface area contributed by atoms with Crippen LogP contribution >= 0.6 is 0 Å². The number of pyridine rings is 1. The molecule has 0 spiro atoms. The molecule has 3 aromatic rings. The minimum absolute atomic E-state index is 0.0879. The molecular formula is C22H25N3O3. The first kappa shape index (κ1) is 19.6. The number of rotatable bonds is 5. The molecule has 0 aliphatic carbocycles. The Labute approximate surface area is 165 Å². The van der Waals surface area contributed by atoms with Crippen LogP contribution in [0.1, 0.15) is 37.8 Å². The maximum absolute atomic E-state index is 12.3. The summed E-state index contributed by atoms with van der Waals surface area (Å²) in [4.78, 5) is 20.9. The van der Waals surface area contributed by atoms with Crippen molar-refractivity contribution in [3.8, 4) is 17.3 Å². The van der Waals surface area contributed by atoms with Gasteiger partial charge in [0, 0.05) is 11.6 Å². The fraction of sp³-hybridized carbons (Fsp3) is 0.318. The Bertz CT molecular complexity index is 952. The zero-order valence-corrected chi connectivity index (χ0v) is 16.9. The van der Waals surface area contributed by atoms with E-state index >= 15 is 0 Å². The van der Waals surface area contributed by atoms with Gasteiger partial charge in [0.05, 0.1) is 31.1 Å². The van der Waals surface area contributed by atoms with Crippen molar-refractivity contribution < 1.29 is 13.9 Å². The number of nitrogens with one attached hydrogen (secondary N) is 1. The van der Waals surface area contributed by atoms with Crippen molar-refractivity contribution in [1.82, 2.24) is 9.97 Å². The van der Waals surface area contributed by atoms with E-state index in [1.807, 2.05) is 19.1 Å². The summed E-state index contributed by atoms with van der Waals surface area (Å²) in [6, 6.07) is 11.6. The number of carbonyl (C=O) groups is 1. The van der Waals surface area contributed by atoms with Crippen LogP contribution in [0.3, 0.4) is 0 Å². The van der Waals surface area contributed by atoms with Gasteiger partial charge in [0.25, 0.3) is 0 Å². The van der Waals surface area contributed by atoms with Gasteiger partial charge in [0.2, 0.25) is 17.7 Å². The summed E-state index contributed by atoms with van der Waals surface area (Å²) >= 11 is 0. The second kappa shape index (κ2) is 7.84. The van der Waals surface area contributed by atoms with Crippen LogP contribution in [0.2, 0.25) is 0 Å². The Kier molecular flexibility index (Phi) is 5.49. The molecule has 0 radical (unpaired) electrons. The van der Waals surface area contributed by atoms with Gasteiger partial charge in [0.1, 0.15) is 5.76 Å². The number of methoxy groups -OCH3 is 1. The molecule has 1 aromatic carbocycles. The van der Waals surface area contributed by atoms with Crippen LogP contribution in [0.5, 0.6) is 5.88 Å². The molecule has 3 rings (SSSR count). The fourth-order valence-electron chi connectivity index (χ4n) is 2.76. The van der Waals surface area contributed by atoms with Gasteiger partial charge >= 0.3 is 0 Å². The summed E-state index contributed by atoms with van der Waals surface area (Å²) in [5.74, 6) is 1.47. The number of oxazole rings is 1. The number of amides is 1. The molecule has 0 fully saturated rings. The van der Waals surface area contributed by atoms with Gasteiger partial charge in [-0.1, -0.05) is 32.9 Å². The monoisotopic (exact) mass is 379 g/mol. The third-order valence-corrected chi connectivity index (χ3v) is 4.45. The lowest BCUT2D eigenvalue weighted by Gasteiger charge is -2.18. The highest BCUT2D eigenvalue weighted by Crippen LogP contribution is 2.27. The van der Waals surface area contributed by atoms with E-state index in [9.17, 15) is 4.79 Å². The molecule has 0 aliphatic rings. The van der Waals surface area contributed by atoms with Crippen molar-refractivity contribution in [3.63, 3.8) is 0 Å². The minimum atomic E-state index is -0.182. The van der Waals surface area contributed by atoms with Gasteiger partial charge in [-0.2, -0.15) is 0 Å². The van der Waals surface area contributed by atoms with Crippen LogP contribution in [0.25, 0.3) is 11.5 Å². The average Bonchev–Trinajstić information content (AvgIpc) is 3.02. The van der Waals surface area contributed by atoms with Crippen LogP contribution in [0, 0.1) is 6.92 Å². The molecule has 1 N–H and O–H groups in total. The third-order valence-electron chi connectivity index (χ3n) is 4.45. The molecule has 0 aliphatic heterocycles. The summed E-state index contributed by atoms with van der Waals surface area (Å²) in [6.07, 6.45) is 1.68. The first-order valence-corrected chi connectivity index (χ1v) is 9.13. The van der Waals surface area contributed by atoms with Crippen LogP contribution in [0.15, 0.2) is 47.0 Å². The molecule has 146 valence electrons. The second-order valence-corrected chi connectivity index (χ2v) is 7.66. The van der Waals surface area contributed by atoms with Crippen molar-refractivity contribution in [3.05, 3.63) is 59.6 Å². The molecule has 0 saturated heterocycles. The van der Waals surface area contributed by atoms with E-state index in [0.717, 1.165) is 5.56 Å². The van der Waals surface area contributed by atoms with Crippen LogP contribution in [0.4, 0.5) is 5.69 Å². The number of carbonyl (C=O) groups excluding carboxylic acids is 1. The number of aromatic nitrogens is 2. The number of hydrogen-bond acceptors (Lipinski definition) is 5. The number of aryl methyl sites for hydroxylation is 1. The SMILES string of the molecule is COc1ccc(NC(=O)Cc2nc(-c3ccc(C(C)(C)C)cc3)oc2C)cn1. The summed E-state index contributed by atoms with van der Waals surface area (Å²) < 4.78 is 10.8. The van der Waals surface area contributed by atoms with Crippen molar-refractivity contribution in [2.45, 2.75) is 39.5 Å². The Morgan fingerprint density at radius 1 is 1.14 bits per heavy atom. The highest BCUT2D eigenvalue weighted by atomic mass is 16.5. The van der Waals surface area contributed by atoms with E-state index in [0.29, 0.717) is 28.9 Å². The Morgan fingerprint density at radius 3 is 2.43 bits per heavy atom. The molecule has 6 heteroatoms. The summed E-state index contributed by atoms with van der Waals surface area (Å²) in [5.41, 5.74) is 3.44. The smallest absolute Gasteiger partial charge is 0.230 e. The normalized spacial score (nSPS) is 11.3. The van der Waals surface area contributed by atoms with Crippen molar-refractivity contribution in [2.75, 3.05) is 12.4 Å². The van der Waals surface area contributed by atoms with Crippen molar-refractivity contribution >= 4 is 11.6 Å². The van der Waals surface area contributed by atoms with E-state index in [1.54, 1.807) is 25.4 Å². The number of benzene rings is 1. The lowest BCUT2D eigenvalue weighted by Crippen LogP contribution is -2.15. The van der Waals surface area contributed by atoms with Gasteiger partial charge in [-0.15, -0.1) is 0 Å². The first-order chi connectivity index (χ1) is 13.3. The molecule has 1 amide bonds. The average molecular weight is 379 g/mol. The number of hydrogen-bond donors (Lipinski definition) is 1. The second-order valence-electron chi connectivity index (χ2n) is 7.66. The highest BCUT2D eigenvalue weighted by molar-refractivity contribution is 5.92. The molecule has 2 heterocycles. The van der Waals surface area contributed by atoms with Crippen LogP contribution < -0.4 is 10.1 Å². The van der Waals surface area contributed by atoms with E-state index in [4.69, 9.17) is 9.15 Å². The summed E-state index contributed by atoms with van der Waals surface area (Å²) in [7, 11) is 1.54. The van der Waals surface area contributed by atoms with E-state index < -0.39 is 0 Å². The molecule has 28 heavy (non-hydrogen) atoms. The zero-order valence-electron chi connectivity index (χ0n) is 16.9. The van der Waals surface area contributed by atoms with Crippen molar-refractivity contribution in [1.29, 1.82) is 0 Å². The fourth-order valence-corrected chi connectivity index (χ4v) is 2.76. The van der Waals surface area contributed by atoms with Gasteiger partial charge < -0.3 is 14.5 Å². The minimum Gasteiger partial charge on any atom is -0.481 e. The maximum atomic E-state index is 12.3. The molecule has 2 aromatic heterocycles. The Morgan fingerprint density at radius 2 is 1.86 bits per heavy atom. The molecule has 6 nitrogen and oxygen atoms in total. The number of ether oxygens (including phenoxy) is 1. The Hall–Kier alpha value is -3.15. The van der Waals surface area contributed by atoms with Crippen molar-refractivity contribution in [2.24, 2.45) is 0 Å². The highest BCUT2D eigenvalue weighted by Gasteiger charge is 2.17. The predicted molar refractivity (Wildman–Crippen MR) is 108 cm³/mol. The van der Waals surface area contributed by atoms with Crippen LogP contribution in [-0.2, 0) is 16.6 Å².